The second-order valence-corrected chi connectivity index (χ2v) is 10.7. The number of aromatic nitrogens is 1. The number of esters is 1. The third-order valence-electron chi connectivity index (χ3n) is 7.57. The van der Waals surface area contributed by atoms with Crippen molar-refractivity contribution in [3.05, 3.63) is 75.6 Å². The molecule has 0 aliphatic carbocycles. The van der Waals surface area contributed by atoms with Crippen LogP contribution in [0.3, 0.4) is 0 Å². The first-order valence-electron chi connectivity index (χ1n) is 13.6. The second kappa shape index (κ2) is 11.8. The number of anilines is 1. The highest BCUT2D eigenvalue weighted by Gasteiger charge is 2.29. The van der Waals surface area contributed by atoms with Gasteiger partial charge >= 0.3 is 5.97 Å². The first kappa shape index (κ1) is 27.2. The number of piperazine rings is 1. The maximum atomic E-state index is 13.2. The van der Waals surface area contributed by atoms with Crippen LogP contribution in [-0.4, -0.2) is 73.0 Å². The fraction of sp³-hybridized carbons (Fsp3) is 0.355. The predicted octanol–water partition coefficient (Wildman–Crippen LogP) is 5.49. The van der Waals surface area contributed by atoms with Crippen LogP contribution in [0, 0.1) is 6.92 Å². The van der Waals surface area contributed by atoms with E-state index in [2.05, 4.69) is 27.1 Å². The number of nitrogens with zero attached hydrogens (tertiary/aromatic N) is 2. The molecule has 3 heterocycles. The number of ether oxygens (including phenoxy) is 1. The molecule has 204 valence electrons. The van der Waals surface area contributed by atoms with E-state index in [9.17, 15) is 9.59 Å². The van der Waals surface area contributed by atoms with Gasteiger partial charge in [-0.05, 0) is 81.2 Å². The van der Waals surface area contributed by atoms with E-state index in [0.717, 1.165) is 78.5 Å². The van der Waals surface area contributed by atoms with Crippen LogP contribution in [0.15, 0.2) is 42.5 Å². The minimum Gasteiger partial charge on any atom is -0.462 e. The van der Waals surface area contributed by atoms with Gasteiger partial charge in [-0.15, -0.1) is 0 Å². The molecule has 39 heavy (non-hydrogen) atoms. The first-order chi connectivity index (χ1) is 18.9. The zero-order valence-corrected chi connectivity index (χ0v) is 23.5. The Bertz CT molecular complexity index is 1400. The van der Waals surface area contributed by atoms with Gasteiger partial charge in [0, 0.05) is 53.8 Å². The average molecular weight is 547 g/mol. The molecule has 2 aliphatic rings. The van der Waals surface area contributed by atoms with Crippen molar-refractivity contribution in [1.82, 2.24) is 14.8 Å². The normalized spacial score (nSPS) is 16.9. The van der Waals surface area contributed by atoms with Crippen molar-refractivity contribution in [2.45, 2.75) is 26.7 Å². The minimum absolute atomic E-state index is 0.167. The Labute approximate surface area is 234 Å². The van der Waals surface area contributed by atoms with Gasteiger partial charge < -0.3 is 24.8 Å². The number of H-pyrrole nitrogens is 1. The molecule has 7 nitrogen and oxygen atoms in total. The molecule has 2 aromatic carbocycles. The molecule has 0 atom stereocenters. The molecule has 0 unspecified atom stereocenters. The molecule has 0 radical (unpaired) electrons. The van der Waals surface area contributed by atoms with Gasteiger partial charge in [0.1, 0.15) is 0 Å². The summed E-state index contributed by atoms with van der Waals surface area (Å²) in [7, 11) is 2.15. The number of halogens is 1. The van der Waals surface area contributed by atoms with Gasteiger partial charge in [-0.3, -0.25) is 4.79 Å². The van der Waals surface area contributed by atoms with Crippen molar-refractivity contribution >= 4 is 40.8 Å². The molecular formula is C31H35ClN4O3. The molecule has 2 aliphatic heterocycles. The number of carbonyl (C=O) groups excluding carboxylic acids is 2. The lowest BCUT2D eigenvalue weighted by Gasteiger charge is -2.32. The van der Waals surface area contributed by atoms with Crippen LogP contribution in [0.1, 0.15) is 46.2 Å². The van der Waals surface area contributed by atoms with Crippen molar-refractivity contribution < 1.29 is 14.3 Å². The van der Waals surface area contributed by atoms with Crippen LogP contribution in [0.2, 0.25) is 5.02 Å². The number of aromatic amines is 1. The van der Waals surface area contributed by atoms with E-state index in [0.29, 0.717) is 29.2 Å². The SMILES string of the molecule is CCOC(=O)c1c(C)[nH]c(C=C2C(=O)Nc3cccc(-c4ccc(Cl)cc4)c32)c1CCCN1CCN(C)CC1. The zero-order valence-electron chi connectivity index (χ0n) is 22.8. The number of hydrogen-bond acceptors (Lipinski definition) is 5. The summed E-state index contributed by atoms with van der Waals surface area (Å²) in [6.45, 7) is 9.21. The van der Waals surface area contributed by atoms with Crippen molar-refractivity contribution in [2.75, 3.05) is 51.7 Å². The minimum atomic E-state index is -0.330. The van der Waals surface area contributed by atoms with Gasteiger partial charge in [-0.2, -0.15) is 0 Å². The third kappa shape index (κ3) is 5.81. The molecule has 1 fully saturated rings. The standard InChI is InChI=1S/C31H35ClN4O3/c1-4-39-31(38)28-20(2)33-27(24(28)8-6-14-36-17-15-35(3)16-18-36)19-25-29-23(21-10-12-22(32)13-11-21)7-5-9-26(29)34-30(25)37/h5,7,9-13,19,33H,4,6,8,14-18H2,1-3H3,(H,34,37). The Kier molecular flexibility index (Phi) is 8.21. The topological polar surface area (TPSA) is 77.7 Å². The Morgan fingerprint density at radius 1 is 1.10 bits per heavy atom. The van der Waals surface area contributed by atoms with Crippen molar-refractivity contribution in [3.63, 3.8) is 0 Å². The largest absolute Gasteiger partial charge is 0.462 e. The molecule has 5 rings (SSSR count). The number of amides is 1. The summed E-state index contributed by atoms with van der Waals surface area (Å²) < 4.78 is 5.42. The number of benzene rings is 2. The van der Waals surface area contributed by atoms with E-state index in [4.69, 9.17) is 16.3 Å². The van der Waals surface area contributed by atoms with Crippen molar-refractivity contribution in [3.8, 4) is 11.1 Å². The van der Waals surface area contributed by atoms with E-state index < -0.39 is 0 Å². The summed E-state index contributed by atoms with van der Waals surface area (Å²) in [5, 5.41) is 3.67. The quantitative estimate of drug-likeness (QED) is 0.288. The number of aryl methyl sites for hydroxylation is 1. The van der Waals surface area contributed by atoms with Crippen LogP contribution in [0.25, 0.3) is 22.8 Å². The molecule has 1 amide bonds. The molecule has 1 saturated heterocycles. The van der Waals surface area contributed by atoms with Gasteiger partial charge in [-0.1, -0.05) is 35.9 Å². The van der Waals surface area contributed by atoms with Gasteiger partial charge in [-0.25, -0.2) is 4.79 Å². The third-order valence-corrected chi connectivity index (χ3v) is 7.82. The van der Waals surface area contributed by atoms with Crippen molar-refractivity contribution in [2.24, 2.45) is 0 Å². The van der Waals surface area contributed by atoms with E-state index in [-0.39, 0.29) is 11.9 Å². The Morgan fingerprint density at radius 2 is 1.85 bits per heavy atom. The highest BCUT2D eigenvalue weighted by Crippen LogP contribution is 2.41. The number of likely N-dealkylation sites (N-methyl/N-ethyl adjacent to an activating group) is 1. The average Bonchev–Trinajstić information content (AvgIpc) is 3.41. The lowest BCUT2D eigenvalue weighted by atomic mass is 9.93. The number of rotatable bonds is 8. The Balaban J connectivity index is 1.51. The summed E-state index contributed by atoms with van der Waals surface area (Å²) in [5.41, 5.74) is 7.09. The van der Waals surface area contributed by atoms with E-state index in [1.165, 1.54) is 0 Å². The molecule has 3 aromatic rings. The molecule has 2 N–H and O–H groups in total. The lowest BCUT2D eigenvalue weighted by molar-refractivity contribution is -0.110. The van der Waals surface area contributed by atoms with Crippen LogP contribution >= 0.6 is 11.6 Å². The maximum absolute atomic E-state index is 13.2. The fourth-order valence-corrected chi connectivity index (χ4v) is 5.64. The summed E-state index contributed by atoms with van der Waals surface area (Å²) in [6.07, 6.45) is 3.50. The summed E-state index contributed by atoms with van der Waals surface area (Å²) in [6, 6.07) is 13.5. The van der Waals surface area contributed by atoms with Gasteiger partial charge in [0.05, 0.1) is 17.7 Å². The smallest absolute Gasteiger partial charge is 0.340 e. The van der Waals surface area contributed by atoms with Gasteiger partial charge in [0.15, 0.2) is 0 Å². The fourth-order valence-electron chi connectivity index (χ4n) is 5.52. The van der Waals surface area contributed by atoms with Crippen LogP contribution < -0.4 is 5.32 Å². The van der Waals surface area contributed by atoms with Crippen molar-refractivity contribution in [1.29, 1.82) is 0 Å². The molecule has 0 bridgehead atoms. The van der Waals surface area contributed by atoms with Crippen LogP contribution in [0.5, 0.6) is 0 Å². The highest BCUT2D eigenvalue weighted by molar-refractivity contribution is 6.36. The second-order valence-electron chi connectivity index (χ2n) is 10.2. The lowest BCUT2D eigenvalue weighted by Crippen LogP contribution is -2.44. The predicted molar refractivity (Wildman–Crippen MR) is 157 cm³/mol. The number of fused-ring (bicyclic) bond motifs is 1. The molecule has 0 spiro atoms. The summed E-state index contributed by atoms with van der Waals surface area (Å²) >= 11 is 6.13. The monoisotopic (exact) mass is 546 g/mol. The van der Waals surface area contributed by atoms with Crippen LogP contribution in [0.4, 0.5) is 5.69 Å². The number of nitrogens with one attached hydrogen (secondary N) is 2. The van der Waals surface area contributed by atoms with Gasteiger partial charge in [0.25, 0.3) is 5.91 Å². The molecular weight excluding hydrogens is 512 g/mol. The Hall–Kier alpha value is -3.39. The number of hydrogen-bond donors (Lipinski definition) is 2. The van der Waals surface area contributed by atoms with Gasteiger partial charge in [0.2, 0.25) is 0 Å². The molecule has 1 aromatic heterocycles. The van der Waals surface area contributed by atoms with Crippen LogP contribution in [-0.2, 0) is 16.0 Å². The summed E-state index contributed by atoms with van der Waals surface area (Å²) in [5.74, 6) is -0.497. The maximum Gasteiger partial charge on any atom is 0.340 e. The van der Waals surface area contributed by atoms with E-state index in [1.807, 2.05) is 62.4 Å². The highest BCUT2D eigenvalue weighted by atomic mass is 35.5. The first-order valence-corrected chi connectivity index (χ1v) is 13.9. The van der Waals surface area contributed by atoms with E-state index >= 15 is 0 Å². The summed E-state index contributed by atoms with van der Waals surface area (Å²) in [4.78, 5) is 34.5. The molecule has 8 heteroatoms. The Morgan fingerprint density at radius 3 is 2.56 bits per heavy atom. The van der Waals surface area contributed by atoms with E-state index in [1.54, 1.807) is 0 Å². The zero-order chi connectivity index (χ0) is 27.5. The molecule has 0 saturated carbocycles. The number of carbonyl (C=O) groups is 2.